The van der Waals surface area contributed by atoms with Crippen LogP contribution in [0.25, 0.3) is 16.9 Å². The topological polar surface area (TPSA) is 97.4 Å². The van der Waals surface area contributed by atoms with Crippen LogP contribution in [0.15, 0.2) is 22.7 Å². The maximum absolute atomic E-state index is 14.6. The van der Waals surface area contributed by atoms with Gasteiger partial charge in [-0.05, 0) is 41.9 Å². The Labute approximate surface area is 192 Å². The molecule has 5 rings (SSSR count). The van der Waals surface area contributed by atoms with Crippen molar-refractivity contribution in [3.05, 3.63) is 35.6 Å². The van der Waals surface area contributed by atoms with Crippen molar-refractivity contribution in [2.75, 3.05) is 39.0 Å². The van der Waals surface area contributed by atoms with Gasteiger partial charge in [0.2, 0.25) is 15.9 Å². The second-order valence-corrected chi connectivity index (χ2v) is 11.6. The van der Waals surface area contributed by atoms with E-state index in [1.54, 1.807) is 6.07 Å². The molecule has 0 amide bonds. The first-order valence-electron chi connectivity index (χ1n) is 11.4. The van der Waals surface area contributed by atoms with Crippen molar-refractivity contribution in [1.82, 2.24) is 29.1 Å². The number of hydrogen-bond donors (Lipinski definition) is 0. The highest BCUT2D eigenvalue weighted by molar-refractivity contribution is 7.88. The Morgan fingerprint density at radius 3 is 2.73 bits per heavy atom. The summed E-state index contributed by atoms with van der Waals surface area (Å²) >= 11 is 0. The monoisotopic (exact) mass is 476 g/mol. The molecule has 3 aromatic rings. The molecule has 0 aliphatic carbocycles. The Kier molecular flexibility index (Phi) is 5.74. The zero-order chi connectivity index (χ0) is 23.3. The van der Waals surface area contributed by atoms with Gasteiger partial charge in [-0.15, -0.1) is 0 Å². The van der Waals surface area contributed by atoms with Gasteiger partial charge in [0.05, 0.1) is 11.9 Å². The summed E-state index contributed by atoms with van der Waals surface area (Å²) in [7, 11) is -3.07. The number of halogens is 1. The van der Waals surface area contributed by atoms with Crippen molar-refractivity contribution < 1.29 is 17.3 Å². The van der Waals surface area contributed by atoms with Crippen LogP contribution in [0.2, 0.25) is 0 Å². The van der Waals surface area contributed by atoms with E-state index in [0.29, 0.717) is 42.8 Å². The summed E-state index contributed by atoms with van der Waals surface area (Å²) in [5.41, 5.74) is 1.16. The minimum absolute atomic E-state index is 0.131. The number of likely N-dealkylation sites (tertiary alicyclic amines) is 1. The van der Waals surface area contributed by atoms with Gasteiger partial charge < -0.3 is 9.42 Å². The molecule has 0 radical (unpaired) electrons. The number of benzene rings is 1. The number of para-hydroxylation sites is 1. The highest BCUT2D eigenvalue weighted by Gasteiger charge is 2.35. The highest BCUT2D eigenvalue weighted by Crippen LogP contribution is 2.29. The lowest BCUT2D eigenvalue weighted by atomic mass is 10.0. The lowest BCUT2D eigenvalue weighted by Gasteiger charge is -2.39. The molecule has 0 N–H and O–H groups in total. The zero-order valence-corrected chi connectivity index (χ0v) is 19.9. The molecule has 0 spiro atoms. The molecule has 4 heterocycles. The van der Waals surface area contributed by atoms with Crippen molar-refractivity contribution >= 4 is 20.9 Å². The first-order valence-corrected chi connectivity index (χ1v) is 13.2. The molecule has 0 unspecified atom stereocenters. The summed E-state index contributed by atoms with van der Waals surface area (Å²) in [4.78, 5) is 6.91. The number of aromatic nitrogens is 4. The van der Waals surface area contributed by atoms with Gasteiger partial charge in [0.25, 0.3) is 5.95 Å². The third-order valence-corrected chi connectivity index (χ3v) is 7.85. The standard InChI is InChI=1S/C22H29FN6O3S/c1-14(2)20-17-5-4-6-18(23)21(17)29(25-20)22-24-19(32-26-22)9-15-7-8-27(10-15)11-16-12-28(13-16)33(3,30)31/h4-6,14-16H,7-13H2,1-3H3/t15-/m0/s1. The van der Waals surface area contributed by atoms with E-state index in [1.165, 1.54) is 21.3 Å². The van der Waals surface area contributed by atoms with Crippen LogP contribution in [-0.4, -0.2) is 76.5 Å². The predicted octanol–water partition coefficient (Wildman–Crippen LogP) is 2.43. The molecule has 11 heteroatoms. The van der Waals surface area contributed by atoms with E-state index in [9.17, 15) is 12.8 Å². The molecule has 1 atom stereocenters. The van der Waals surface area contributed by atoms with Gasteiger partial charge in [-0.3, -0.25) is 0 Å². The predicted molar refractivity (Wildman–Crippen MR) is 121 cm³/mol. The molecule has 0 saturated carbocycles. The van der Waals surface area contributed by atoms with E-state index in [4.69, 9.17) is 4.52 Å². The maximum atomic E-state index is 14.6. The lowest BCUT2D eigenvalue weighted by molar-refractivity contribution is 0.145. The van der Waals surface area contributed by atoms with Gasteiger partial charge in [-0.25, -0.2) is 17.1 Å². The fourth-order valence-electron chi connectivity index (χ4n) is 4.90. The molecule has 2 aliphatic rings. The van der Waals surface area contributed by atoms with Crippen molar-refractivity contribution in [2.24, 2.45) is 11.8 Å². The molecule has 1 aromatic carbocycles. The fourth-order valence-corrected chi connectivity index (χ4v) is 5.86. The molecular formula is C22H29FN6O3S. The normalized spacial score (nSPS) is 20.8. The number of hydrogen-bond acceptors (Lipinski definition) is 7. The Morgan fingerprint density at radius 1 is 1.21 bits per heavy atom. The van der Waals surface area contributed by atoms with Crippen LogP contribution in [0.4, 0.5) is 4.39 Å². The number of fused-ring (bicyclic) bond motifs is 1. The van der Waals surface area contributed by atoms with Gasteiger partial charge in [0, 0.05) is 38.0 Å². The Hall–Kier alpha value is -2.37. The lowest BCUT2D eigenvalue weighted by Crippen LogP contribution is -2.53. The van der Waals surface area contributed by atoms with Gasteiger partial charge >= 0.3 is 0 Å². The molecular weight excluding hydrogens is 447 g/mol. The SMILES string of the molecule is CC(C)c1nn(-c2noc(C[C@@H]3CCN(CC4CN(S(C)(=O)=O)C4)C3)n2)c2c(F)cccc12. The second-order valence-electron chi connectivity index (χ2n) is 9.64. The molecule has 2 aromatic heterocycles. The average molecular weight is 477 g/mol. The van der Waals surface area contributed by atoms with Crippen LogP contribution in [0.3, 0.4) is 0 Å². The Bertz CT molecular complexity index is 1260. The molecule has 33 heavy (non-hydrogen) atoms. The second kappa shape index (κ2) is 8.44. The van der Waals surface area contributed by atoms with E-state index in [1.807, 2.05) is 19.9 Å². The van der Waals surface area contributed by atoms with E-state index >= 15 is 0 Å². The molecule has 2 aliphatic heterocycles. The van der Waals surface area contributed by atoms with Crippen LogP contribution < -0.4 is 0 Å². The minimum Gasteiger partial charge on any atom is -0.337 e. The van der Waals surface area contributed by atoms with E-state index in [0.717, 1.165) is 37.1 Å². The van der Waals surface area contributed by atoms with E-state index < -0.39 is 10.0 Å². The quantitative estimate of drug-likeness (QED) is 0.517. The van der Waals surface area contributed by atoms with Gasteiger partial charge in [-0.1, -0.05) is 26.0 Å². The van der Waals surface area contributed by atoms with E-state index in [-0.39, 0.29) is 17.7 Å². The smallest absolute Gasteiger partial charge is 0.291 e. The summed E-state index contributed by atoms with van der Waals surface area (Å²) in [5, 5.41) is 9.43. The van der Waals surface area contributed by atoms with Gasteiger partial charge in [0.15, 0.2) is 0 Å². The average Bonchev–Trinajstić information content (AvgIpc) is 3.42. The summed E-state index contributed by atoms with van der Waals surface area (Å²) in [6.07, 6.45) is 2.94. The van der Waals surface area contributed by atoms with Crippen molar-refractivity contribution in [3.63, 3.8) is 0 Å². The van der Waals surface area contributed by atoms with Crippen LogP contribution in [-0.2, 0) is 16.4 Å². The third-order valence-electron chi connectivity index (χ3n) is 6.62. The minimum atomic E-state index is -3.07. The molecule has 178 valence electrons. The van der Waals surface area contributed by atoms with Crippen LogP contribution in [0.1, 0.15) is 37.8 Å². The van der Waals surface area contributed by atoms with Crippen LogP contribution in [0.5, 0.6) is 0 Å². The number of sulfonamides is 1. The fraction of sp³-hybridized carbons (Fsp3) is 0.591. The first kappa shape index (κ1) is 22.4. The first-order chi connectivity index (χ1) is 15.7. The Morgan fingerprint density at radius 2 is 2.00 bits per heavy atom. The molecule has 2 saturated heterocycles. The van der Waals surface area contributed by atoms with Crippen molar-refractivity contribution in [2.45, 2.75) is 32.6 Å². The van der Waals surface area contributed by atoms with Crippen molar-refractivity contribution in [3.8, 4) is 5.95 Å². The van der Waals surface area contributed by atoms with Crippen LogP contribution >= 0.6 is 0 Å². The van der Waals surface area contributed by atoms with E-state index in [2.05, 4.69) is 20.1 Å². The summed E-state index contributed by atoms with van der Waals surface area (Å²) in [5.74, 6) is 1.32. The molecule has 9 nitrogen and oxygen atoms in total. The number of nitrogens with zero attached hydrogens (tertiary/aromatic N) is 6. The Balaban J connectivity index is 1.24. The summed E-state index contributed by atoms with van der Waals surface area (Å²) in [6.45, 7) is 8.07. The van der Waals surface area contributed by atoms with Gasteiger partial charge in [-0.2, -0.15) is 14.8 Å². The molecule has 2 fully saturated rings. The number of rotatable bonds is 7. The van der Waals surface area contributed by atoms with Crippen molar-refractivity contribution in [1.29, 1.82) is 0 Å². The maximum Gasteiger partial charge on any atom is 0.291 e. The zero-order valence-electron chi connectivity index (χ0n) is 19.1. The third kappa shape index (κ3) is 4.41. The highest BCUT2D eigenvalue weighted by atomic mass is 32.2. The summed E-state index contributed by atoms with van der Waals surface area (Å²) in [6, 6.07) is 4.96. The largest absolute Gasteiger partial charge is 0.337 e. The van der Waals surface area contributed by atoms with Gasteiger partial charge in [0.1, 0.15) is 11.3 Å². The summed E-state index contributed by atoms with van der Waals surface area (Å²) < 4.78 is 46.2. The molecule has 0 bridgehead atoms. The van der Waals surface area contributed by atoms with Crippen LogP contribution in [0, 0.1) is 17.7 Å².